The summed E-state index contributed by atoms with van der Waals surface area (Å²) >= 11 is 0. The lowest BCUT2D eigenvalue weighted by Gasteiger charge is -2.31. The van der Waals surface area contributed by atoms with Gasteiger partial charge >= 0.3 is 0 Å². The second-order valence-electron chi connectivity index (χ2n) is 6.03. The molecule has 0 aliphatic carbocycles. The molecule has 1 heterocycles. The van der Waals surface area contributed by atoms with Crippen molar-refractivity contribution in [3.05, 3.63) is 24.3 Å². The monoisotopic (exact) mass is 355 g/mol. The summed E-state index contributed by atoms with van der Waals surface area (Å²) in [5, 5.41) is 6.37. The molecule has 0 spiro atoms. The van der Waals surface area contributed by atoms with Crippen molar-refractivity contribution in [2.24, 2.45) is 5.92 Å². The highest BCUT2D eigenvalue weighted by Crippen LogP contribution is 2.17. The predicted octanol–water partition coefficient (Wildman–Crippen LogP) is 2.77. The van der Waals surface area contributed by atoms with Crippen LogP contribution < -0.4 is 15.4 Å². The maximum absolute atomic E-state index is 12.1. The van der Waals surface area contributed by atoms with Crippen LogP contribution in [0, 0.1) is 5.92 Å². The van der Waals surface area contributed by atoms with Crippen LogP contribution in [0.15, 0.2) is 24.3 Å². The third kappa shape index (κ3) is 7.07. The molecule has 1 aromatic rings. The Morgan fingerprint density at radius 1 is 1.21 bits per heavy atom. The Bertz CT molecular complexity index is 474. The van der Waals surface area contributed by atoms with E-state index in [2.05, 4.69) is 22.5 Å². The average molecular weight is 356 g/mol. The Morgan fingerprint density at radius 2 is 1.88 bits per heavy atom. The number of ether oxygens (including phenoxy) is 1. The molecule has 0 atom stereocenters. The number of benzene rings is 1. The number of nitrogens with zero attached hydrogens (tertiary/aromatic N) is 1. The third-order valence-electron chi connectivity index (χ3n) is 4.21. The highest BCUT2D eigenvalue weighted by atomic mass is 35.5. The fraction of sp³-hybridized carbons (Fsp3) is 0.611. The van der Waals surface area contributed by atoms with Crippen LogP contribution in [-0.2, 0) is 4.79 Å². The summed E-state index contributed by atoms with van der Waals surface area (Å²) in [4.78, 5) is 14.4. The van der Waals surface area contributed by atoms with Crippen LogP contribution in [0.1, 0.15) is 26.7 Å². The number of carbonyl (C=O) groups excluding carboxylic acids is 1. The van der Waals surface area contributed by atoms with Crippen molar-refractivity contribution < 1.29 is 9.53 Å². The van der Waals surface area contributed by atoms with Crippen molar-refractivity contribution in [1.82, 2.24) is 10.2 Å². The minimum atomic E-state index is 0. The number of hydrogen-bond acceptors (Lipinski definition) is 4. The van der Waals surface area contributed by atoms with Crippen molar-refractivity contribution in [2.45, 2.75) is 26.7 Å². The average Bonchev–Trinajstić information content (AvgIpc) is 2.56. The van der Waals surface area contributed by atoms with Crippen LogP contribution >= 0.6 is 12.4 Å². The van der Waals surface area contributed by atoms with Gasteiger partial charge in [-0.2, -0.15) is 0 Å². The van der Waals surface area contributed by atoms with E-state index in [1.54, 1.807) is 0 Å². The molecule has 1 aliphatic heterocycles. The fourth-order valence-electron chi connectivity index (χ4n) is 2.90. The molecule has 1 amide bonds. The van der Waals surface area contributed by atoms with Gasteiger partial charge in [0.05, 0.1) is 13.2 Å². The number of hydrogen-bond donors (Lipinski definition) is 2. The predicted molar refractivity (Wildman–Crippen MR) is 101 cm³/mol. The molecular weight excluding hydrogens is 326 g/mol. The first kappa shape index (κ1) is 20.7. The largest absolute Gasteiger partial charge is 0.494 e. The molecule has 0 aromatic heterocycles. The molecule has 0 unspecified atom stereocenters. The molecule has 0 bridgehead atoms. The number of piperidine rings is 1. The minimum Gasteiger partial charge on any atom is -0.494 e. The van der Waals surface area contributed by atoms with Gasteiger partial charge in [-0.15, -0.1) is 12.4 Å². The van der Waals surface area contributed by atoms with E-state index in [-0.39, 0.29) is 18.3 Å². The molecule has 136 valence electrons. The summed E-state index contributed by atoms with van der Waals surface area (Å²) in [6.07, 6.45) is 2.34. The van der Waals surface area contributed by atoms with Gasteiger partial charge < -0.3 is 15.4 Å². The van der Waals surface area contributed by atoms with Crippen LogP contribution in [0.5, 0.6) is 5.75 Å². The van der Waals surface area contributed by atoms with E-state index in [9.17, 15) is 4.79 Å². The lowest BCUT2D eigenvalue weighted by Crippen LogP contribution is -2.41. The molecule has 1 aliphatic rings. The summed E-state index contributed by atoms with van der Waals surface area (Å²) in [7, 11) is 0. The zero-order chi connectivity index (χ0) is 16.5. The summed E-state index contributed by atoms with van der Waals surface area (Å²) in [5.74, 6) is 1.63. The zero-order valence-corrected chi connectivity index (χ0v) is 15.5. The summed E-state index contributed by atoms with van der Waals surface area (Å²) in [6, 6.07) is 7.52. The maximum Gasteiger partial charge on any atom is 0.238 e. The summed E-state index contributed by atoms with van der Waals surface area (Å²) < 4.78 is 5.40. The second kappa shape index (κ2) is 11.3. The highest BCUT2D eigenvalue weighted by Gasteiger charge is 2.20. The molecule has 1 fully saturated rings. The Kier molecular flexibility index (Phi) is 9.76. The molecule has 24 heavy (non-hydrogen) atoms. The lowest BCUT2D eigenvalue weighted by atomic mass is 9.97. The number of likely N-dealkylation sites (tertiary alicyclic amines) is 1. The van der Waals surface area contributed by atoms with Gasteiger partial charge in [0.1, 0.15) is 5.75 Å². The van der Waals surface area contributed by atoms with Crippen molar-refractivity contribution in [3.8, 4) is 5.75 Å². The SMILES string of the molecule is CCNCC1CCN(CC(=O)Nc2ccc(OCC)cc2)CC1.Cl. The van der Waals surface area contributed by atoms with Crippen LogP contribution in [-0.4, -0.2) is 50.1 Å². The van der Waals surface area contributed by atoms with Gasteiger partial charge in [-0.3, -0.25) is 9.69 Å². The second-order valence-corrected chi connectivity index (χ2v) is 6.03. The molecule has 1 aromatic carbocycles. The molecule has 5 nitrogen and oxygen atoms in total. The van der Waals surface area contributed by atoms with Crippen molar-refractivity contribution >= 4 is 24.0 Å². The van der Waals surface area contributed by atoms with Crippen LogP contribution in [0.25, 0.3) is 0 Å². The summed E-state index contributed by atoms with van der Waals surface area (Å²) in [5.41, 5.74) is 0.820. The molecule has 0 radical (unpaired) electrons. The number of halogens is 1. The molecule has 2 rings (SSSR count). The third-order valence-corrected chi connectivity index (χ3v) is 4.21. The maximum atomic E-state index is 12.1. The molecule has 6 heteroatoms. The van der Waals surface area contributed by atoms with E-state index in [1.165, 1.54) is 12.8 Å². The van der Waals surface area contributed by atoms with Crippen molar-refractivity contribution in [2.75, 3.05) is 44.6 Å². The Morgan fingerprint density at radius 3 is 2.46 bits per heavy atom. The number of nitrogens with one attached hydrogen (secondary N) is 2. The minimum absolute atomic E-state index is 0. The van der Waals surface area contributed by atoms with Gasteiger partial charge in [-0.25, -0.2) is 0 Å². The first-order valence-electron chi connectivity index (χ1n) is 8.67. The van der Waals surface area contributed by atoms with Crippen LogP contribution in [0.4, 0.5) is 5.69 Å². The number of rotatable bonds is 8. The normalized spacial score (nSPS) is 15.6. The van der Waals surface area contributed by atoms with Crippen molar-refractivity contribution in [1.29, 1.82) is 0 Å². The molecule has 0 saturated carbocycles. The Balaban J connectivity index is 0.00000288. The number of anilines is 1. The van der Waals surface area contributed by atoms with E-state index in [4.69, 9.17) is 4.74 Å². The van der Waals surface area contributed by atoms with Gasteiger partial charge in [-0.1, -0.05) is 6.92 Å². The van der Waals surface area contributed by atoms with Crippen LogP contribution in [0.2, 0.25) is 0 Å². The molecule has 2 N–H and O–H groups in total. The summed E-state index contributed by atoms with van der Waals surface area (Å²) in [6.45, 7) is 9.36. The standard InChI is InChI=1S/C18H29N3O2.ClH/c1-3-19-13-15-9-11-21(12-10-15)14-18(22)20-16-5-7-17(8-6-16)23-4-2;/h5-8,15,19H,3-4,9-14H2,1-2H3,(H,20,22);1H. The quantitative estimate of drug-likeness (QED) is 0.753. The first-order valence-corrected chi connectivity index (χ1v) is 8.67. The van der Waals surface area contributed by atoms with Gasteiger partial charge in [-0.05, 0) is 76.1 Å². The van der Waals surface area contributed by atoms with Gasteiger partial charge in [0.25, 0.3) is 0 Å². The fourth-order valence-corrected chi connectivity index (χ4v) is 2.90. The van der Waals surface area contributed by atoms with E-state index < -0.39 is 0 Å². The van der Waals surface area contributed by atoms with E-state index in [0.717, 1.165) is 43.5 Å². The topological polar surface area (TPSA) is 53.6 Å². The van der Waals surface area contributed by atoms with Gasteiger partial charge in [0.15, 0.2) is 0 Å². The van der Waals surface area contributed by atoms with Crippen LogP contribution in [0.3, 0.4) is 0 Å². The smallest absolute Gasteiger partial charge is 0.238 e. The van der Waals surface area contributed by atoms with Crippen molar-refractivity contribution in [3.63, 3.8) is 0 Å². The molecular formula is C18H30ClN3O2. The first-order chi connectivity index (χ1) is 11.2. The Labute approximate surface area is 151 Å². The molecule has 1 saturated heterocycles. The lowest BCUT2D eigenvalue weighted by molar-refractivity contribution is -0.117. The van der Waals surface area contributed by atoms with E-state index in [1.807, 2.05) is 31.2 Å². The van der Waals surface area contributed by atoms with E-state index in [0.29, 0.717) is 13.2 Å². The highest BCUT2D eigenvalue weighted by molar-refractivity contribution is 5.92. The van der Waals surface area contributed by atoms with E-state index >= 15 is 0 Å². The number of carbonyl (C=O) groups is 1. The Hall–Kier alpha value is -1.30. The zero-order valence-electron chi connectivity index (χ0n) is 14.7. The van der Waals surface area contributed by atoms with Gasteiger partial charge in [0, 0.05) is 5.69 Å². The van der Waals surface area contributed by atoms with Gasteiger partial charge in [0.2, 0.25) is 5.91 Å². The number of amides is 1.